The number of aliphatic hydroxyl groups excluding tert-OH is 1. The van der Waals surface area contributed by atoms with E-state index in [0.717, 1.165) is 24.8 Å². The molecule has 0 bridgehead atoms. The van der Waals surface area contributed by atoms with Crippen molar-refractivity contribution in [1.29, 1.82) is 0 Å². The fourth-order valence-electron chi connectivity index (χ4n) is 3.21. The van der Waals surface area contributed by atoms with E-state index < -0.39 is 6.10 Å². The van der Waals surface area contributed by atoms with E-state index >= 15 is 0 Å². The van der Waals surface area contributed by atoms with Gasteiger partial charge in [-0.2, -0.15) is 0 Å². The van der Waals surface area contributed by atoms with E-state index in [9.17, 15) is 14.3 Å². The summed E-state index contributed by atoms with van der Waals surface area (Å²) >= 11 is 0. The van der Waals surface area contributed by atoms with E-state index in [4.69, 9.17) is 0 Å². The molecule has 0 amide bonds. The van der Waals surface area contributed by atoms with Crippen LogP contribution in [-0.4, -0.2) is 28.5 Å². The van der Waals surface area contributed by atoms with E-state index in [-0.39, 0.29) is 11.6 Å². The Morgan fingerprint density at radius 1 is 1.32 bits per heavy atom. The number of Topliss-reactive ketones (excluding diaryl/α,β-unsaturated/α-hetero) is 1. The lowest BCUT2D eigenvalue weighted by atomic mass is 9.93. The number of anilines is 1. The Morgan fingerprint density at radius 3 is 2.80 bits per heavy atom. The fraction of sp³-hybridized carbons (Fsp3) is 0.421. The molecular weight excluding hydrogens is 321 g/mol. The molecule has 1 aromatic heterocycles. The van der Waals surface area contributed by atoms with E-state index in [0.29, 0.717) is 34.9 Å². The Bertz CT molecular complexity index is 808. The van der Waals surface area contributed by atoms with Gasteiger partial charge in [-0.05, 0) is 30.5 Å². The standard InChI is InChI=1S/C19H24FN3O2/c1-3-11(4-2)7-8-21-16-17(19(25)18(16)24)23-15-10-22-14-6-5-12(20)9-13(14)15/h5-6,9-11,19,21-23,25H,3-4,7-8H2,1-2H3. The minimum Gasteiger partial charge on any atom is -0.381 e. The second-order valence-electron chi connectivity index (χ2n) is 6.47. The van der Waals surface area contributed by atoms with Crippen molar-refractivity contribution in [2.24, 2.45) is 5.92 Å². The summed E-state index contributed by atoms with van der Waals surface area (Å²) in [4.78, 5) is 15.0. The lowest BCUT2D eigenvalue weighted by Crippen LogP contribution is -2.46. The van der Waals surface area contributed by atoms with Crippen molar-refractivity contribution in [3.05, 3.63) is 41.6 Å². The van der Waals surface area contributed by atoms with Gasteiger partial charge < -0.3 is 20.7 Å². The molecule has 134 valence electrons. The molecule has 1 aliphatic carbocycles. The van der Waals surface area contributed by atoms with Gasteiger partial charge in [-0.15, -0.1) is 0 Å². The van der Waals surface area contributed by atoms with Crippen molar-refractivity contribution >= 4 is 22.4 Å². The van der Waals surface area contributed by atoms with Crippen LogP contribution in [0.4, 0.5) is 10.1 Å². The minimum atomic E-state index is -1.16. The Hall–Kier alpha value is -2.34. The number of hydrogen-bond donors (Lipinski definition) is 4. The van der Waals surface area contributed by atoms with E-state index in [1.807, 2.05) is 0 Å². The lowest BCUT2D eigenvalue weighted by molar-refractivity contribution is -0.124. The quantitative estimate of drug-likeness (QED) is 0.592. The molecule has 0 saturated heterocycles. The van der Waals surface area contributed by atoms with Crippen LogP contribution in [0.3, 0.4) is 0 Å². The highest BCUT2D eigenvalue weighted by molar-refractivity contribution is 6.09. The first-order valence-corrected chi connectivity index (χ1v) is 8.79. The predicted octanol–water partition coefficient (Wildman–Crippen LogP) is 3.29. The van der Waals surface area contributed by atoms with Crippen molar-refractivity contribution in [3.8, 4) is 0 Å². The number of nitrogens with one attached hydrogen (secondary N) is 3. The van der Waals surface area contributed by atoms with Crippen LogP contribution < -0.4 is 10.6 Å². The summed E-state index contributed by atoms with van der Waals surface area (Å²) in [7, 11) is 0. The Morgan fingerprint density at radius 2 is 2.08 bits per heavy atom. The molecule has 1 atom stereocenters. The number of fused-ring (bicyclic) bond motifs is 1. The van der Waals surface area contributed by atoms with Gasteiger partial charge in [0.25, 0.3) is 0 Å². The van der Waals surface area contributed by atoms with E-state index in [2.05, 4.69) is 29.5 Å². The molecule has 0 saturated carbocycles. The van der Waals surface area contributed by atoms with Gasteiger partial charge in [-0.25, -0.2) is 4.39 Å². The van der Waals surface area contributed by atoms with E-state index in [1.54, 1.807) is 12.3 Å². The number of rotatable bonds is 8. The zero-order valence-electron chi connectivity index (χ0n) is 14.5. The first kappa shape index (κ1) is 17.5. The number of aliphatic hydroxyl groups is 1. The molecule has 25 heavy (non-hydrogen) atoms. The molecule has 6 heteroatoms. The average Bonchev–Trinajstić information content (AvgIpc) is 3.02. The SMILES string of the molecule is CCC(CC)CCNC1=C(Nc2c[nH]c3ccc(F)cc23)C(O)C1=O. The Labute approximate surface area is 146 Å². The summed E-state index contributed by atoms with van der Waals surface area (Å²) in [5.74, 6) is -0.0165. The third-order valence-corrected chi connectivity index (χ3v) is 4.96. The number of aromatic amines is 1. The number of aromatic nitrogens is 1. The van der Waals surface area contributed by atoms with E-state index in [1.165, 1.54) is 12.1 Å². The monoisotopic (exact) mass is 345 g/mol. The molecule has 1 aromatic carbocycles. The van der Waals surface area contributed by atoms with Gasteiger partial charge in [-0.1, -0.05) is 26.7 Å². The summed E-state index contributed by atoms with van der Waals surface area (Å²) in [6.07, 6.45) is 3.74. The molecule has 0 spiro atoms. The third kappa shape index (κ3) is 3.39. The molecule has 2 aromatic rings. The highest BCUT2D eigenvalue weighted by Gasteiger charge is 2.38. The van der Waals surface area contributed by atoms with Crippen molar-refractivity contribution in [3.63, 3.8) is 0 Å². The average molecular weight is 345 g/mol. The summed E-state index contributed by atoms with van der Waals surface area (Å²) in [5, 5.41) is 16.9. The second-order valence-corrected chi connectivity index (χ2v) is 6.47. The van der Waals surface area contributed by atoms with Crippen LogP contribution in [0.2, 0.25) is 0 Å². The van der Waals surface area contributed by atoms with Gasteiger partial charge in [0.15, 0.2) is 6.10 Å². The molecule has 5 nitrogen and oxygen atoms in total. The fourth-order valence-corrected chi connectivity index (χ4v) is 3.21. The van der Waals surface area contributed by atoms with Crippen LogP contribution in [-0.2, 0) is 4.79 Å². The zero-order chi connectivity index (χ0) is 18.0. The number of carbonyl (C=O) groups excluding carboxylic acids is 1. The Kier molecular flexibility index (Phi) is 5.08. The molecule has 1 aliphatic rings. The first-order chi connectivity index (χ1) is 12.0. The van der Waals surface area contributed by atoms with Gasteiger partial charge in [-0.3, -0.25) is 4.79 Å². The maximum absolute atomic E-state index is 13.5. The molecule has 0 fully saturated rings. The Balaban J connectivity index is 1.75. The normalized spacial score (nSPS) is 17.3. The van der Waals surface area contributed by atoms with Crippen molar-refractivity contribution < 1.29 is 14.3 Å². The van der Waals surface area contributed by atoms with Crippen LogP contribution >= 0.6 is 0 Å². The van der Waals surface area contributed by atoms with Crippen molar-refractivity contribution in [1.82, 2.24) is 10.3 Å². The smallest absolute Gasteiger partial charge is 0.215 e. The minimum absolute atomic E-state index is 0.307. The van der Waals surface area contributed by atoms with Gasteiger partial charge in [0, 0.05) is 23.6 Å². The predicted molar refractivity (Wildman–Crippen MR) is 96.6 cm³/mol. The van der Waals surface area contributed by atoms with Crippen LogP contribution in [0.15, 0.2) is 35.8 Å². The third-order valence-electron chi connectivity index (χ3n) is 4.96. The van der Waals surface area contributed by atoms with Crippen LogP contribution in [0, 0.1) is 11.7 Å². The largest absolute Gasteiger partial charge is 0.381 e. The molecular formula is C19H24FN3O2. The number of benzene rings is 1. The van der Waals surface area contributed by atoms with Crippen molar-refractivity contribution in [2.75, 3.05) is 11.9 Å². The van der Waals surface area contributed by atoms with Crippen LogP contribution in [0.1, 0.15) is 33.1 Å². The van der Waals surface area contributed by atoms with Crippen LogP contribution in [0.25, 0.3) is 10.9 Å². The number of H-pyrrole nitrogens is 1. The zero-order valence-corrected chi connectivity index (χ0v) is 14.5. The highest BCUT2D eigenvalue weighted by atomic mass is 19.1. The number of carbonyl (C=O) groups is 1. The summed E-state index contributed by atoms with van der Waals surface area (Å²) in [5.41, 5.74) is 2.28. The second kappa shape index (κ2) is 7.27. The molecule has 0 radical (unpaired) electrons. The van der Waals surface area contributed by atoms with Gasteiger partial charge in [0.05, 0.1) is 11.4 Å². The van der Waals surface area contributed by atoms with Crippen molar-refractivity contribution in [2.45, 2.75) is 39.2 Å². The topological polar surface area (TPSA) is 77.2 Å². The van der Waals surface area contributed by atoms with Crippen LogP contribution in [0.5, 0.6) is 0 Å². The van der Waals surface area contributed by atoms with Gasteiger partial charge >= 0.3 is 0 Å². The lowest BCUT2D eigenvalue weighted by Gasteiger charge is -2.29. The highest BCUT2D eigenvalue weighted by Crippen LogP contribution is 2.30. The number of halogens is 1. The summed E-state index contributed by atoms with van der Waals surface area (Å²) < 4.78 is 13.5. The molecule has 3 rings (SSSR count). The molecule has 0 aliphatic heterocycles. The summed E-state index contributed by atoms with van der Waals surface area (Å²) in [6, 6.07) is 4.46. The molecule has 4 N–H and O–H groups in total. The first-order valence-electron chi connectivity index (χ1n) is 8.79. The van der Waals surface area contributed by atoms with Gasteiger partial charge in [0.2, 0.25) is 5.78 Å². The summed E-state index contributed by atoms with van der Waals surface area (Å²) in [6.45, 7) is 5.01. The molecule has 1 heterocycles. The van der Waals surface area contributed by atoms with Gasteiger partial charge in [0.1, 0.15) is 11.5 Å². The number of hydrogen-bond acceptors (Lipinski definition) is 4. The molecule has 1 unspecified atom stereocenters. The number of ketones is 1. The maximum atomic E-state index is 13.5. The maximum Gasteiger partial charge on any atom is 0.215 e.